The number of thiol groups is 1. The minimum Gasteiger partial charge on any atom is -0.387 e. The molecule has 4 unspecified atom stereocenters. The summed E-state index contributed by atoms with van der Waals surface area (Å²) in [6, 6.07) is 0. The summed E-state index contributed by atoms with van der Waals surface area (Å²) in [5.74, 6) is 0.0695. The fourth-order valence-corrected chi connectivity index (χ4v) is 13.0. The number of nitrogens with zero attached hydrogens (tertiary/aromatic N) is 8. The molecule has 2 aliphatic rings. The van der Waals surface area contributed by atoms with Gasteiger partial charge in [-0.1, -0.05) is 35.8 Å². The third-order valence-corrected chi connectivity index (χ3v) is 16.8. The van der Waals surface area contributed by atoms with Crippen molar-refractivity contribution in [3.05, 3.63) is 12.7 Å². The Morgan fingerprint density at radius 1 is 0.705 bits per heavy atom. The molecule has 0 aliphatic carbocycles. The summed E-state index contributed by atoms with van der Waals surface area (Å²) >= 11 is 10.6. The molecule has 4 aromatic heterocycles. The van der Waals surface area contributed by atoms with Gasteiger partial charge in [0.1, 0.15) is 47.7 Å². The molecular weight excluding hydrogens is 1020 g/mol. The van der Waals surface area contributed by atoms with Crippen molar-refractivity contribution in [3.63, 3.8) is 0 Å². The molecular formula is C22H32N10Na4O17P4S4+4. The van der Waals surface area contributed by atoms with E-state index in [0.29, 0.717) is 0 Å². The van der Waals surface area contributed by atoms with Crippen molar-refractivity contribution in [1.82, 2.24) is 39.0 Å². The van der Waals surface area contributed by atoms with Gasteiger partial charge in [0.15, 0.2) is 45.7 Å². The van der Waals surface area contributed by atoms with E-state index < -0.39 is 91.5 Å². The van der Waals surface area contributed by atoms with Crippen LogP contribution in [-0.2, 0) is 57.0 Å². The van der Waals surface area contributed by atoms with Crippen LogP contribution in [0.15, 0.2) is 23.0 Å². The van der Waals surface area contributed by atoms with E-state index in [0.717, 1.165) is 0 Å². The van der Waals surface area contributed by atoms with Gasteiger partial charge in [0, 0.05) is 0 Å². The van der Waals surface area contributed by atoms with Crippen molar-refractivity contribution in [3.8, 4) is 0 Å². The number of fused-ring (bicyclic) bond motifs is 2. The predicted molar refractivity (Wildman–Crippen MR) is 203 cm³/mol. The maximum absolute atomic E-state index is 12.9. The molecule has 4 aromatic rings. The summed E-state index contributed by atoms with van der Waals surface area (Å²) < 4.78 is 74.6. The average Bonchev–Trinajstić information content (AvgIpc) is 3.86. The van der Waals surface area contributed by atoms with E-state index >= 15 is 0 Å². The molecule has 11 N–H and O–H groups in total. The fourth-order valence-electron chi connectivity index (χ4n) is 5.39. The zero-order valence-electron chi connectivity index (χ0n) is 32.6. The van der Waals surface area contributed by atoms with Crippen molar-refractivity contribution in [2.75, 3.05) is 37.2 Å². The molecule has 61 heavy (non-hydrogen) atoms. The number of hydrogen-bond acceptors (Lipinski definition) is 25. The molecule has 12 atom stereocenters. The first-order chi connectivity index (χ1) is 26.5. The average molecular weight is 1050 g/mol. The van der Waals surface area contributed by atoms with Crippen molar-refractivity contribution < 1.29 is 198 Å². The van der Waals surface area contributed by atoms with Crippen LogP contribution in [0.4, 0.5) is 11.6 Å². The largest absolute Gasteiger partial charge is 1.00 e. The molecule has 0 bridgehead atoms. The number of nitrogen functional groups attached to an aromatic ring is 2. The summed E-state index contributed by atoms with van der Waals surface area (Å²) in [5.41, 5.74) is 12.5. The van der Waals surface area contributed by atoms with Crippen LogP contribution in [0.2, 0.25) is 0 Å². The van der Waals surface area contributed by atoms with E-state index in [1.807, 2.05) is 0 Å². The molecule has 2 fully saturated rings. The van der Waals surface area contributed by atoms with Crippen LogP contribution in [-0.4, -0.2) is 136 Å². The van der Waals surface area contributed by atoms with Crippen LogP contribution < -0.4 is 130 Å². The topological polar surface area (TPSA) is 397 Å². The van der Waals surface area contributed by atoms with Crippen molar-refractivity contribution in [1.29, 1.82) is 0 Å². The van der Waals surface area contributed by atoms with Crippen LogP contribution in [0.25, 0.3) is 22.3 Å². The fraction of sp³-hybridized carbons (Fsp3) is 0.545. The van der Waals surface area contributed by atoms with Crippen LogP contribution in [0.3, 0.4) is 0 Å². The maximum Gasteiger partial charge on any atom is 1.00 e. The van der Waals surface area contributed by atoms with E-state index in [1.54, 1.807) is 12.5 Å². The molecule has 0 spiro atoms. The number of hydrogen-bond donors (Lipinski definition) is 10. The number of rotatable bonds is 16. The minimum atomic E-state index is -5.94. The summed E-state index contributed by atoms with van der Waals surface area (Å²) in [6.07, 6.45) is -6.49. The third kappa shape index (κ3) is 14.3. The molecule has 316 valence electrons. The first-order valence-corrected chi connectivity index (χ1v) is 26.1. The van der Waals surface area contributed by atoms with Gasteiger partial charge in [-0.15, -0.1) is 0 Å². The third-order valence-electron chi connectivity index (χ3n) is 7.87. The number of aromatic nitrogens is 8. The van der Waals surface area contributed by atoms with E-state index in [9.17, 15) is 48.8 Å². The Hall–Kier alpha value is 2.53. The molecule has 39 heteroatoms. The van der Waals surface area contributed by atoms with Gasteiger partial charge in [-0.2, -0.15) is 8.62 Å². The number of anilines is 2. The summed E-state index contributed by atoms with van der Waals surface area (Å²) in [7, 11) is -11.9. The number of thioether (sulfide) groups is 2. The van der Waals surface area contributed by atoms with E-state index in [1.165, 1.54) is 45.3 Å². The van der Waals surface area contributed by atoms with Gasteiger partial charge < -0.3 is 60.6 Å². The van der Waals surface area contributed by atoms with Crippen LogP contribution in [0.1, 0.15) is 12.5 Å². The molecule has 6 rings (SSSR count). The Morgan fingerprint density at radius 3 is 1.51 bits per heavy atom. The summed E-state index contributed by atoms with van der Waals surface area (Å²) in [4.78, 5) is 55.6. The SMILES string of the molecule is CSc1nc(N)c2ncn([C@@H]3O[C@H](COP(=O)(S)OP(=O)(O)OP(=O)(O)OP(O)(=S)OC[C@H]4O[C@@H](n5cnc6c(N)nc(SC)nc65)[C@H](O)[C@@H]4O)[C@@H](O)[C@H]3O)c2n1.[Na+].[Na+].[Na+].[Na+]. The van der Waals surface area contributed by atoms with Gasteiger partial charge in [0.2, 0.25) is 0 Å². The normalized spacial score (nSPS) is 27.7. The second kappa shape index (κ2) is 23.9. The second-order valence-electron chi connectivity index (χ2n) is 11.6. The predicted octanol–water partition coefficient (Wildman–Crippen LogP) is -11.9. The van der Waals surface area contributed by atoms with Crippen LogP contribution >= 0.6 is 64.9 Å². The van der Waals surface area contributed by atoms with Crippen LogP contribution in [0, 0.1) is 0 Å². The smallest absolute Gasteiger partial charge is 0.387 e. The molecule has 0 amide bonds. The van der Waals surface area contributed by atoms with Crippen molar-refractivity contribution in [2.24, 2.45) is 0 Å². The number of aliphatic hydroxyl groups is 4. The van der Waals surface area contributed by atoms with Gasteiger partial charge in [0.25, 0.3) is 0 Å². The van der Waals surface area contributed by atoms with E-state index in [2.05, 4.69) is 55.1 Å². The standard InChI is InChI=1S/C22H32N10O17P4S4.4Na/c1-56-21-27-15(23)9-17(29-21)31(5-25-9)19-13(35)11(33)7(45-19)3-43-52(41,54)48-50(37,38)47-51(39,40)49-53(42,55)44-4-8-12(34)14(36)20(46-8)32-6-26-10-16(24)28-22(57-2)30-18(10)32;;;;/h5-8,11-14,19-20,33-36H,3-4H2,1-2H3,(H,37,38)(H,39,40)(H,41,54)(H,42,55)(H2,23,27,29)(H2,24,28,30);;;;/q;4*+1/t7-,8-,11-,12-,13-,14-,19-,20-,52?,53?;;;;/m1..../s1. The Kier molecular flexibility index (Phi) is 23.4. The Labute approximate surface area is 451 Å². The van der Waals surface area contributed by atoms with Gasteiger partial charge in [-0.25, -0.2) is 47.9 Å². The number of aliphatic hydroxyl groups excluding tert-OH is 4. The second-order valence-corrected chi connectivity index (χ2v) is 22.3. The molecule has 0 radical (unpaired) electrons. The number of ether oxygens (including phenoxy) is 2. The van der Waals surface area contributed by atoms with Crippen molar-refractivity contribution >= 4 is 111 Å². The quantitative estimate of drug-likeness (QED) is 0.0164. The van der Waals surface area contributed by atoms with Gasteiger partial charge in [-0.3, -0.25) is 13.7 Å². The molecule has 27 nitrogen and oxygen atoms in total. The zero-order chi connectivity index (χ0) is 41.8. The first kappa shape index (κ1) is 59.7. The summed E-state index contributed by atoms with van der Waals surface area (Å²) in [5, 5.41) is 43.1. The molecule has 0 saturated carbocycles. The van der Waals surface area contributed by atoms with Crippen LogP contribution in [0.5, 0.6) is 0 Å². The number of phosphoric acid groups is 2. The molecule has 0 aromatic carbocycles. The molecule has 2 aliphatic heterocycles. The first-order valence-electron chi connectivity index (χ1n) is 15.4. The Bertz CT molecular complexity index is 2210. The summed E-state index contributed by atoms with van der Waals surface area (Å²) in [6.45, 7) is -11.7. The van der Waals surface area contributed by atoms with Gasteiger partial charge in [-0.05, 0) is 24.3 Å². The Morgan fingerprint density at radius 2 is 1.10 bits per heavy atom. The molecule has 2 saturated heterocycles. The Balaban J connectivity index is 0.00000320. The number of imidazole rings is 2. The molecule has 6 heterocycles. The monoisotopic (exact) mass is 1050 g/mol. The van der Waals surface area contributed by atoms with Crippen molar-refractivity contribution in [2.45, 2.75) is 59.4 Å². The zero-order valence-corrected chi connectivity index (χ0v) is 47.5. The van der Waals surface area contributed by atoms with Gasteiger partial charge in [0.05, 0.1) is 25.9 Å². The number of nitrogens with two attached hydrogens (primary N) is 2. The maximum atomic E-state index is 12.9. The minimum absolute atomic E-state index is 0. The van der Waals surface area contributed by atoms with E-state index in [4.69, 9.17) is 41.8 Å². The van der Waals surface area contributed by atoms with E-state index in [-0.39, 0.29) is 163 Å². The van der Waals surface area contributed by atoms with Gasteiger partial charge >= 0.3 is 147 Å².